The minimum Gasteiger partial charge on any atom is -0.755 e. The van der Waals surface area contributed by atoms with E-state index in [1.54, 1.807) is 17.3 Å². The van der Waals surface area contributed by atoms with Crippen LogP contribution in [0.5, 0.6) is 11.5 Å². The van der Waals surface area contributed by atoms with Crippen LogP contribution in [0, 0.1) is 11.2 Å². The van der Waals surface area contributed by atoms with Gasteiger partial charge in [0.15, 0.2) is 11.6 Å². The number of benzene rings is 1. The molecule has 276 valence electrons. The van der Waals surface area contributed by atoms with Crippen molar-refractivity contribution in [2.45, 2.75) is 96.5 Å². The first-order valence-electron chi connectivity index (χ1n) is 18.1. The van der Waals surface area contributed by atoms with Crippen molar-refractivity contribution in [1.29, 1.82) is 0 Å². The summed E-state index contributed by atoms with van der Waals surface area (Å²) in [5.41, 5.74) is 0.941. The summed E-state index contributed by atoms with van der Waals surface area (Å²) in [6.45, 7) is 12.5. The fourth-order valence-electron chi connectivity index (χ4n) is 7.95. The maximum atomic E-state index is 14.4. The highest BCUT2D eigenvalue weighted by Crippen LogP contribution is 2.45. The highest BCUT2D eigenvalue weighted by atomic mass is 32.2. The molecule has 5 heterocycles. The van der Waals surface area contributed by atoms with Gasteiger partial charge in [0.2, 0.25) is 0 Å². The summed E-state index contributed by atoms with van der Waals surface area (Å²) in [5.74, 6) is 0.550. The Morgan fingerprint density at radius 1 is 1.10 bits per heavy atom. The van der Waals surface area contributed by atoms with Gasteiger partial charge in [-0.25, -0.2) is 14.4 Å². The molecule has 0 bridgehead atoms. The molecule has 1 spiro atoms. The zero-order chi connectivity index (χ0) is 35.9. The van der Waals surface area contributed by atoms with Crippen LogP contribution < -0.4 is 13.9 Å². The Kier molecular flexibility index (Phi) is 10.3. The number of carbonyl (C=O) groups is 1. The molecule has 4 aliphatic rings. The van der Waals surface area contributed by atoms with Crippen LogP contribution in [-0.4, -0.2) is 108 Å². The summed E-state index contributed by atoms with van der Waals surface area (Å²) in [7, 11) is 0. The minimum atomic E-state index is -2.40. The van der Waals surface area contributed by atoms with Gasteiger partial charge in [0, 0.05) is 54.6 Å². The van der Waals surface area contributed by atoms with Crippen molar-refractivity contribution < 1.29 is 27.4 Å². The van der Waals surface area contributed by atoms with Crippen molar-refractivity contribution in [2.75, 3.05) is 48.5 Å². The van der Waals surface area contributed by atoms with Crippen LogP contribution in [0.4, 0.5) is 15.9 Å². The number of aromatic nitrogens is 4. The molecule has 0 N–H and O–H groups in total. The summed E-state index contributed by atoms with van der Waals surface area (Å²) in [4.78, 5) is 28.7. The molecule has 4 fully saturated rings. The number of carbonyl (C=O) groups excluding carboxylic acids is 1. The highest BCUT2D eigenvalue weighted by molar-refractivity contribution is 7.80. The molecule has 15 heteroatoms. The van der Waals surface area contributed by atoms with Gasteiger partial charge < -0.3 is 28.7 Å². The van der Waals surface area contributed by atoms with E-state index in [1.165, 1.54) is 28.8 Å². The first kappa shape index (κ1) is 35.7. The number of anilines is 2. The van der Waals surface area contributed by atoms with Crippen LogP contribution in [0.15, 0.2) is 43.1 Å². The summed E-state index contributed by atoms with van der Waals surface area (Å²) in [6.07, 6.45) is 12.4. The lowest BCUT2D eigenvalue weighted by Crippen LogP contribution is -2.61. The van der Waals surface area contributed by atoms with Gasteiger partial charge in [0.1, 0.15) is 17.9 Å². The normalized spacial score (nSPS) is 22.6. The lowest BCUT2D eigenvalue weighted by Gasteiger charge is -2.54. The van der Waals surface area contributed by atoms with Crippen molar-refractivity contribution in [3.05, 3.63) is 54.5 Å². The van der Waals surface area contributed by atoms with E-state index >= 15 is 0 Å². The smallest absolute Gasteiger partial charge is 0.258 e. The Balaban J connectivity index is 0.919. The van der Waals surface area contributed by atoms with Crippen LogP contribution >= 0.6 is 0 Å². The predicted octanol–water partition coefficient (Wildman–Crippen LogP) is 4.95. The zero-order valence-corrected chi connectivity index (χ0v) is 30.6. The Bertz CT molecular complexity index is 1700. The number of halogens is 1. The fourth-order valence-corrected chi connectivity index (χ4v) is 8.62. The van der Waals surface area contributed by atoms with Crippen LogP contribution in [0.2, 0.25) is 0 Å². The van der Waals surface area contributed by atoms with Crippen molar-refractivity contribution in [3.8, 4) is 11.5 Å². The van der Waals surface area contributed by atoms with Gasteiger partial charge in [-0.15, -0.1) is 0 Å². The largest absolute Gasteiger partial charge is 0.755 e. The second kappa shape index (κ2) is 14.8. The summed E-state index contributed by atoms with van der Waals surface area (Å²) in [5, 5.41) is 4.38. The second-order valence-corrected chi connectivity index (χ2v) is 16.0. The van der Waals surface area contributed by atoms with Gasteiger partial charge in [0.25, 0.3) is 5.91 Å². The average Bonchev–Trinajstić information content (AvgIpc) is 3.83. The van der Waals surface area contributed by atoms with E-state index in [4.69, 9.17) is 9.47 Å². The van der Waals surface area contributed by atoms with Crippen molar-refractivity contribution in [1.82, 2.24) is 29.5 Å². The molecule has 3 atom stereocenters. The molecule has 3 saturated heterocycles. The van der Waals surface area contributed by atoms with Crippen LogP contribution in [0.3, 0.4) is 0 Å². The zero-order valence-electron chi connectivity index (χ0n) is 29.8. The third-order valence-corrected chi connectivity index (χ3v) is 11.6. The van der Waals surface area contributed by atoms with Gasteiger partial charge in [-0.05, 0) is 97.5 Å². The van der Waals surface area contributed by atoms with E-state index in [0.717, 1.165) is 71.2 Å². The minimum absolute atomic E-state index is 0.0708. The Morgan fingerprint density at radius 3 is 2.49 bits per heavy atom. The first-order valence-corrected chi connectivity index (χ1v) is 19.1. The van der Waals surface area contributed by atoms with Crippen molar-refractivity contribution in [2.24, 2.45) is 5.41 Å². The fraction of sp³-hybridized carbons (Fsp3) is 0.611. The molecule has 13 nitrogen and oxygen atoms in total. The molecule has 1 aromatic carbocycles. The molecule has 2 aromatic heterocycles. The molecule has 1 unspecified atom stereocenters. The maximum Gasteiger partial charge on any atom is 0.258 e. The lowest BCUT2D eigenvalue weighted by atomic mass is 9.72. The molecule has 1 aliphatic carbocycles. The maximum absolute atomic E-state index is 14.4. The van der Waals surface area contributed by atoms with Crippen LogP contribution in [0.1, 0.15) is 82.6 Å². The molecule has 0 radical (unpaired) electrons. The SMILES string of the molecule is CC(C)N(C(=O)c1cc(F)ccc1Oc1cncnc1N1CC2(CCN(C[C@@H]3CC[C@@H](N(c4cnn(C5CC5)c4)S(=O)[O-])CO3)CC2)C1)C(C)C. The quantitative estimate of drug-likeness (QED) is 0.237. The second-order valence-electron chi connectivity index (χ2n) is 15.1. The lowest BCUT2D eigenvalue weighted by molar-refractivity contribution is -0.0270. The van der Waals surface area contributed by atoms with E-state index < -0.39 is 17.1 Å². The molecule has 3 aliphatic heterocycles. The Labute approximate surface area is 301 Å². The summed E-state index contributed by atoms with van der Waals surface area (Å²) in [6, 6.07) is 4.04. The van der Waals surface area contributed by atoms with Gasteiger partial charge in [0.05, 0.1) is 48.4 Å². The number of ether oxygens (including phenoxy) is 2. The number of rotatable bonds is 12. The highest BCUT2D eigenvalue weighted by Gasteiger charge is 2.46. The van der Waals surface area contributed by atoms with E-state index in [2.05, 4.69) is 24.9 Å². The van der Waals surface area contributed by atoms with Gasteiger partial charge >= 0.3 is 0 Å². The molecule has 3 aromatic rings. The topological polar surface area (TPSA) is 132 Å². The average molecular weight is 724 g/mol. The molecule has 1 saturated carbocycles. The predicted molar refractivity (Wildman–Crippen MR) is 190 cm³/mol. The number of likely N-dealkylation sites (tertiary alicyclic amines) is 1. The van der Waals surface area contributed by atoms with Crippen LogP contribution in [0.25, 0.3) is 0 Å². The Hall–Kier alpha value is -3.66. The molecule has 1 amide bonds. The standard InChI is InChI=1S/C36H49FN8O5S/c1-24(2)44(25(3)4)35(46)31-15-26(37)5-10-32(31)50-33-17-38-23-39-34(33)42-21-36(22-42)11-13-41(14-12-36)19-30-9-8-28(20-49-30)45(51(47)48)29-16-40-43(18-29)27-6-7-27/h5,10,15-18,23-25,27-28,30H,6-9,11-14,19-22H2,1-4H3,(H,47,48)/p-1/t28-,30+/m1/s1. The Morgan fingerprint density at radius 2 is 1.84 bits per heavy atom. The van der Waals surface area contributed by atoms with E-state index in [0.29, 0.717) is 29.9 Å². The van der Waals surface area contributed by atoms with E-state index in [-0.39, 0.29) is 46.9 Å². The van der Waals surface area contributed by atoms with Crippen LogP contribution in [-0.2, 0) is 16.0 Å². The summed E-state index contributed by atoms with van der Waals surface area (Å²) >= 11 is -2.40. The van der Waals surface area contributed by atoms with E-state index in [9.17, 15) is 17.9 Å². The number of hydrogen-bond acceptors (Lipinski definition) is 10. The van der Waals surface area contributed by atoms with E-state index in [1.807, 2.05) is 38.6 Å². The summed E-state index contributed by atoms with van der Waals surface area (Å²) < 4.78 is 54.6. The van der Waals surface area contributed by atoms with Gasteiger partial charge in [-0.3, -0.25) is 18.0 Å². The molecular formula is C36H48FN8O5S-. The van der Waals surface area contributed by atoms with Crippen molar-refractivity contribution >= 4 is 28.7 Å². The molecular weight excluding hydrogens is 676 g/mol. The third kappa shape index (κ3) is 7.76. The molecule has 51 heavy (non-hydrogen) atoms. The molecule has 7 rings (SSSR count). The van der Waals surface area contributed by atoms with Gasteiger partial charge in [-0.1, -0.05) is 0 Å². The van der Waals surface area contributed by atoms with Crippen molar-refractivity contribution in [3.63, 3.8) is 0 Å². The number of hydrogen-bond donors (Lipinski definition) is 0. The monoisotopic (exact) mass is 723 g/mol. The number of piperidine rings is 1. The first-order chi connectivity index (χ1) is 24.5. The number of amides is 1. The van der Waals surface area contributed by atoms with Gasteiger partial charge in [-0.2, -0.15) is 5.10 Å². The number of nitrogens with zero attached hydrogens (tertiary/aromatic N) is 8. The third-order valence-electron chi connectivity index (χ3n) is 10.7.